The van der Waals surface area contributed by atoms with Crippen molar-refractivity contribution >= 4 is 35.3 Å². The Bertz CT molecular complexity index is 919. The van der Waals surface area contributed by atoms with Gasteiger partial charge in [-0.15, -0.1) is 0 Å². The molecule has 0 aliphatic carbocycles. The molecule has 2 atom stereocenters. The maximum absolute atomic E-state index is 12.2. The van der Waals surface area contributed by atoms with Crippen LogP contribution in [0.5, 0.6) is 0 Å². The lowest BCUT2D eigenvalue weighted by atomic mass is 10.0. The molecule has 0 radical (unpaired) electrons. The predicted molar refractivity (Wildman–Crippen MR) is 224 cm³/mol. The van der Waals surface area contributed by atoms with Gasteiger partial charge < -0.3 is 10.6 Å². The fraction of sp³-hybridized carbons (Fsp3) is 0.857. The summed E-state index contributed by atoms with van der Waals surface area (Å²) < 4.78 is 0. The fourth-order valence-corrected chi connectivity index (χ4v) is 6.27. The lowest BCUT2D eigenvalue weighted by Crippen LogP contribution is -2.78. The van der Waals surface area contributed by atoms with E-state index in [2.05, 4.69) is 34.5 Å². The number of rotatable bonds is 36. The van der Waals surface area contributed by atoms with E-state index in [-0.39, 0.29) is 35.3 Å². The van der Waals surface area contributed by atoms with Gasteiger partial charge in [-0.3, -0.25) is 52.1 Å². The molecule has 316 valence electrons. The van der Waals surface area contributed by atoms with Crippen LogP contribution in [0.4, 0.5) is 0 Å². The van der Waals surface area contributed by atoms with Gasteiger partial charge in [0, 0.05) is 25.7 Å². The topological polar surface area (TPSA) is 224 Å². The van der Waals surface area contributed by atoms with Crippen LogP contribution >= 0.6 is 0 Å². The van der Waals surface area contributed by atoms with E-state index in [1.807, 2.05) is 13.8 Å². The highest BCUT2D eigenvalue weighted by Gasteiger charge is 2.20. The zero-order valence-corrected chi connectivity index (χ0v) is 35.3. The first-order valence-electron chi connectivity index (χ1n) is 21.9. The van der Waals surface area contributed by atoms with Crippen molar-refractivity contribution < 1.29 is 29.2 Å². The van der Waals surface area contributed by atoms with E-state index in [1.54, 1.807) is 0 Å². The average molecular weight is 767 g/mol. The Balaban J connectivity index is 0. The molecule has 0 aromatic rings. The van der Waals surface area contributed by atoms with Crippen molar-refractivity contribution in [2.24, 2.45) is 22.9 Å². The number of carbonyl (C=O) groups is 4. The molecule has 0 spiro atoms. The van der Waals surface area contributed by atoms with Crippen LogP contribution in [-0.2, 0) is 19.2 Å². The first-order chi connectivity index (χ1) is 26.0. The van der Waals surface area contributed by atoms with Gasteiger partial charge in [-0.05, 0) is 51.4 Å². The summed E-state index contributed by atoms with van der Waals surface area (Å²) >= 11 is 0. The number of Topliss-reactive ketones (excluding diaryl/α,β-unsaturated/α-hetero) is 2. The van der Waals surface area contributed by atoms with Gasteiger partial charge in [0.1, 0.15) is 0 Å². The van der Waals surface area contributed by atoms with E-state index >= 15 is 0 Å². The highest BCUT2D eigenvalue weighted by molar-refractivity contribution is 5.89. The summed E-state index contributed by atoms with van der Waals surface area (Å²) in [6.45, 7) is 9.63. The van der Waals surface area contributed by atoms with Crippen LogP contribution in [0.3, 0.4) is 0 Å². The molecule has 0 heterocycles. The molecule has 12 nitrogen and oxygen atoms in total. The Labute approximate surface area is 330 Å². The van der Waals surface area contributed by atoms with Gasteiger partial charge in [-0.1, -0.05) is 130 Å². The zero-order chi connectivity index (χ0) is 40.7. The maximum atomic E-state index is 12.2. The summed E-state index contributed by atoms with van der Waals surface area (Å²) in [6, 6.07) is -0.784. The third-order valence-corrected chi connectivity index (χ3v) is 9.45. The van der Waals surface area contributed by atoms with Crippen LogP contribution in [0.25, 0.3) is 0 Å². The highest BCUT2D eigenvalue weighted by Crippen LogP contribution is 2.12. The fourth-order valence-electron chi connectivity index (χ4n) is 6.27. The summed E-state index contributed by atoms with van der Waals surface area (Å²) in [6.07, 6.45) is 28.4. The van der Waals surface area contributed by atoms with Gasteiger partial charge >= 0.3 is 11.9 Å². The second-order valence-electron chi connectivity index (χ2n) is 14.9. The molecule has 12 N–H and O–H groups in total. The minimum atomic E-state index is -0.392. The van der Waals surface area contributed by atoms with Crippen molar-refractivity contribution in [2.75, 3.05) is 13.1 Å². The largest absolute Gasteiger partial charge is 0.346 e. The Morgan fingerprint density at radius 2 is 0.704 bits per heavy atom. The quantitative estimate of drug-likeness (QED) is 0.0266. The molecule has 0 aromatic carbocycles. The van der Waals surface area contributed by atoms with E-state index in [4.69, 9.17) is 22.9 Å². The number of nitrogens with two attached hydrogens (primary N) is 4. The number of carbonyl (C=O) groups excluding carboxylic acids is 4. The van der Waals surface area contributed by atoms with Gasteiger partial charge in [0.15, 0.2) is 11.6 Å². The van der Waals surface area contributed by atoms with Crippen molar-refractivity contribution in [1.29, 1.82) is 0 Å². The lowest BCUT2D eigenvalue weighted by molar-refractivity contribution is -0.460. The van der Waals surface area contributed by atoms with Crippen molar-refractivity contribution in [3.05, 3.63) is 0 Å². The predicted octanol–water partition coefficient (Wildman–Crippen LogP) is 3.79. The second-order valence-corrected chi connectivity index (χ2v) is 14.9. The summed E-state index contributed by atoms with van der Waals surface area (Å²) in [5.74, 6) is 0.572. The maximum Gasteiger partial charge on any atom is 0.338 e. The van der Waals surface area contributed by atoms with Crippen LogP contribution in [0.1, 0.15) is 207 Å². The van der Waals surface area contributed by atoms with Crippen LogP contribution in [0.15, 0.2) is 0 Å². The standard InChI is InChI=1S/2C21H42N4O2/c2*1-3-5-6-7-8-9-10-11-12-16-20(27)25-18(19(26)14-4-2)15-13-17-24-21(22)23/h2*18H,3-17H2,1-2H3,(H,25,27)(H4,22,23,24)/p+2. The van der Waals surface area contributed by atoms with Gasteiger partial charge in [0.05, 0.1) is 25.2 Å². The molecule has 0 aromatic heterocycles. The molecule has 2 unspecified atom stereocenters. The van der Waals surface area contributed by atoms with Crippen molar-refractivity contribution in [1.82, 2.24) is 10.6 Å². The van der Waals surface area contributed by atoms with E-state index in [0.717, 1.165) is 51.4 Å². The lowest BCUT2D eigenvalue weighted by Gasteiger charge is -2.17. The first kappa shape index (κ1) is 52.9. The molecule has 2 amide bonds. The number of hydrogen-bond acceptors (Lipinski definition) is 4. The normalized spacial score (nSPS) is 11.8. The molecule has 0 aliphatic rings. The zero-order valence-electron chi connectivity index (χ0n) is 35.3. The van der Waals surface area contributed by atoms with E-state index in [1.165, 1.54) is 89.9 Å². The Hall–Kier alpha value is -3.18. The van der Waals surface area contributed by atoms with E-state index < -0.39 is 12.1 Å². The number of ketones is 2. The summed E-state index contributed by atoms with van der Waals surface area (Å²) in [5, 5.41) is 5.86. The molecule has 0 fully saturated rings. The molecular formula is C42H86N8O4+2. The van der Waals surface area contributed by atoms with Crippen LogP contribution in [-0.4, -0.2) is 60.5 Å². The minimum absolute atomic E-state index is 0.00902. The monoisotopic (exact) mass is 767 g/mol. The third-order valence-electron chi connectivity index (χ3n) is 9.45. The molecule has 54 heavy (non-hydrogen) atoms. The molecular weight excluding hydrogens is 681 g/mol. The van der Waals surface area contributed by atoms with Gasteiger partial charge in [0.25, 0.3) is 0 Å². The highest BCUT2D eigenvalue weighted by atomic mass is 16.2. The Kier molecular flexibility index (Phi) is 38.7. The summed E-state index contributed by atoms with van der Waals surface area (Å²) in [5.41, 5.74) is 21.5. The molecule has 12 heteroatoms. The molecule has 0 bridgehead atoms. The van der Waals surface area contributed by atoms with Crippen LogP contribution < -0.4 is 43.6 Å². The minimum Gasteiger partial charge on any atom is -0.346 e. The average Bonchev–Trinajstić information content (AvgIpc) is 3.13. The van der Waals surface area contributed by atoms with Gasteiger partial charge in [-0.25, -0.2) is 0 Å². The Morgan fingerprint density at radius 3 is 0.981 bits per heavy atom. The van der Waals surface area contributed by atoms with Gasteiger partial charge in [0.2, 0.25) is 11.8 Å². The second kappa shape index (κ2) is 39.5. The number of nitrogens with one attached hydrogen (secondary N) is 4. The number of guanidine groups is 2. The van der Waals surface area contributed by atoms with Crippen LogP contribution in [0, 0.1) is 0 Å². The van der Waals surface area contributed by atoms with Gasteiger partial charge in [-0.2, -0.15) is 0 Å². The Morgan fingerprint density at radius 1 is 0.407 bits per heavy atom. The smallest absolute Gasteiger partial charge is 0.338 e. The summed E-state index contributed by atoms with van der Waals surface area (Å²) in [4.78, 5) is 54.5. The number of hydrogen-bond donors (Lipinski definition) is 8. The number of amides is 2. The molecule has 0 aliphatic heterocycles. The molecule has 0 rings (SSSR count). The third kappa shape index (κ3) is 37.1. The van der Waals surface area contributed by atoms with E-state index in [9.17, 15) is 19.2 Å². The SMILES string of the molecule is CCCCCCCCCCCC(=O)NC(CCC[NH+]=C(N)N)C(=O)CCC.CCCCCCCCCCCC(=O)NC(CCC[NH+]=C(N)N)C(=O)CCC. The summed E-state index contributed by atoms with van der Waals surface area (Å²) in [7, 11) is 0. The molecule has 0 saturated heterocycles. The number of unbranched alkanes of at least 4 members (excludes halogenated alkanes) is 16. The first-order valence-corrected chi connectivity index (χ1v) is 21.9. The van der Waals surface area contributed by atoms with Crippen molar-refractivity contribution in [2.45, 2.75) is 220 Å². The van der Waals surface area contributed by atoms with Crippen molar-refractivity contribution in [3.63, 3.8) is 0 Å². The van der Waals surface area contributed by atoms with E-state index in [0.29, 0.717) is 51.6 Å². The van der Waals surface area contributed by atoms with Crippen molar-refractivity contribution in [3.8, 4) is 0 Å². The molecule has 0 saturated carbocycles. The van der Waals surface area contributed by atoms with Crippen LogP contribution in [0.2, 0.25) is 0 Å².